The first-order valence-corrected chi connectivity index (χ1v) is 12.2. The molecule has 1 radical (unpaired) electrons. The zero-order valence-corrected chi connectivity index (χ0v) is 23.9. The fraction of sp³-hybridized carbons (Fsp3) is 0.281. The first-order valence-electron chi connectivity index (χ1n) is 12.2. The second-order valence-corrected chi connectivity index (χ2v) is 10.4. The second-order valence-electron chi connectivity index (χ2n) is 10.4. The van der Waals surface area contributed by atoms with Gasteiger partial charge >= 0.3 is 0 Å². The Balaban J connectivity index is 0.000000400. The maximum atomic E-state index is 8.56. The predicted octanol–water partition coefficient (Wildman–Crippen LogP) is 7.44. The molecule has 0 saturated heterocycles. The zero-order chi connectivity index (χ0) is 25.2. The molecule has 5 rings (SSSR count). The molecule has 4 heteroatoms. The van der Waals surface area contributed by atoms with Gasteiger partial charge in [0.05, 0.1) is 12.2 Å². The number of benzene rings is 4. The average Bonchev–Trinajstić information content (AvgIpc) is 2.83. The molecule has 0 saturated carbocycles. The molecular weight excluding hydrogens is 623 g/mol. The van der Waals surface area contributed by atoms with Gasteiger partial charge in [-0.25, -0.2) is 0 Å². The molecule has 3 nitrogen and oxygen atoms in total. The van der Waals surface area contributed by atoms with E-state index in [-0.39, 0.29) is 37.7 Å². The zero-order valence-electron chi connectivity index (χ0n) is 21.5. The third-order valence-corrected chi connectivity index (χ3v) is 6.26. The number of fused-ring (bicyclic) bond motifs is 6. The van der Waals surface area contributed by atoms with Crippen LogP contribution in [-0.4, -0.2) is 27.4 Å². The Kier molecular flexibility index (Phi) is 9.03. The van der Waals surface area contributed by atoms with Crippen molar-refractivity contribution >= 4 is 32.3 Å². The summed E-state index contributed by atoms with van der Waals surface area (Å²) in [5, 5.41) is 24.8. The quantitative estimate of drug-likeness (QED) is 0.157. The Morgan fingerprint density at radius 1 is 0.750 bits per heavy atom. The van der Waals surface area contributed by atoms with Crippen LogP contribution in [0.3, 0.4) is 0 Å². The third kappa shape index (κ3) is 6.19. The van der Waals surface area contributed by atoms with Crippen molar-refractivity contribution in [3.8, 4) is 11.3 Å². The standard InChI is InChI=1S/C27H22N.C5H12O2.Ir/c1-27(2,3)19-14-15-28-26(17-19)18-12-13-24-22-10-5-4-8-20(22)21-9-6-7-11-23(21)25(24)16-18;1-4(6)3-5(2)7;/h4-11,13-17H,1-3H3;4-7H,3H2,1-2H3;/q-1;;. The molecule has 0 spiro atoms. The van der Waals surface area contributed by atoms with E-state index in [1.54, 1.807) is 13.8 Å². The van der Waals surface area contributed by atoms with E-state index in [1.165, 1.54) is 37.9 Å². The molecule has 1 aromatic heterocycles. The summed E-state index contributed by atoms with van der Waals surface area (Å²) in [6, 6.07) is 29.5. The van der Waals surface area contributed by atoms with E-state index in [1.807, 2.05) is 6.20 Å². The number of rotatable bonds is 3. The summed E-state index contributed by atoms with van der Waals surface area (Å²) in [6.07, 6.45) is 1.63. The number of pyridine rings is 1. The summed E-state index contributed by atoms with van der Waals surface area (Å²) in [5.41, 5.74) is 3.40. The Morgan fingerprint density at radius 3 is 1.72 bits per heavy atom. The number of aromatic nitrogens is 1. The molecule has 0 bridgehead atoms. The summed E-state index contributed by atoms with van der Waals surface area (Å²) in [5.74, 6) is 0. The van der Waals surface area contributed by atoms with Crippen molar-refractivity contribution in [2.75, 3.05) is 0 Å². The van der Waals surface area contributed by atoms with Crippen LogP contribution in [0.1, 0.15) is 46.6 Å². The number of hydrogen-bond acceptors (Lipinski definition) is 3. The van der Waals surface area contributed by atoms with Gasteiger partial charge in [-0.05, 0) is 59.2 Å². The van der Waals surface area contributed by atoms with Crippen LogP contribution >= 0.6 is 0 Å². The number of nitrogens with zero attached hydrogens (tertiary/aromatic N) is 1. The summed E-state index contributed by atoms with van der Waals surface area (Å²) in [4.78, 5) is 4.64. The Morgan fingerprint density at radius 2 is 1.25 bits per heavy atom. The van der Waals surface area contributed by atoms with Crippen molar-refractivity contribution in [3.05, 3.63) is 90.6 Å². The van der Waals surface area contributed by atoms with E-state index in [9.17, 15) is 0 Å². The molecule has 0 fully saturated rings. The molecule has 0 aliphatic carbocycles. The summed E-state index contributed by atoms with van der Waals surface area (Å²) in [7, 11) is 0. The summed E-state index contributed by atoms with van der Waals surface area (Å²) in [6.45, 7) is 10.0. The van der Waals surface area contributed by atoms with Gasteiger partial charge in [-0.1, -0.05) is 91.5 Å². The fourth-order valence-electron chi connectivity index (χ4n) is 4.53. The molecule has 1 heterocycles. The minimum Gasteiger partial charge on any atom is -0.393 e. The van der Waals surface area contributed by atoms with Crippen molar-refractivity contribution in [2.45, 2.75) is 58.7 Å². The second kappa shape index (κ2) is 11.6. The molecule has 2 N–H and O–H groups in total. The molecule has 189 valence electrons. The summed E-state index contributed by atoms with van der Waals surface area (Å²) < 4.78 is 0. The molecule has 36 heavy (non-hydrogen) atoms. The molecule has 2 unspecified atom stereocenters. The van der Waals surface area contributed by atoms with E-state index in [4.69, 9.17) is 10.2 Å². The first kappa shape index (κ1) is 28.0. The SMILES string of the molecule is CC(C)(C)c1ccnc(-c2[c-]cc3c4ccccc4c4ccccc4c3c2)c1.CC(O)CC(C)O.[Ir]. The largest absolute Gasteiger partial charge is 0.393 e. The van der Waals surface area contributed by atoms with Gasteiger partial charge in [0.1, 0.15) is 0 Å². The fourth-order valence-corrected chi connectivity index (χ4v) is 4.53. The van der Waals surface area contributed by atoms with E-state index in [0.717, 1.165) is 11.3 Å². The number of aliphatic hydroxyl groups excluding tert-OH is 2. The molecule has 0 aliphatic rings. The van der Waals surface area contributed by atoms with Crippen molar-refractivity contribution in [2.24, 2.45) is 0 Å². The molecule has 5 aromatic rings. The van der Waals surface area contributed by atoms with Crippen LogP contribution < -0.4 is 0 Å². The van der Waals surface area contributed by atoms with E-state index >= 15 is 0 Å². The van der Waals surface area contributed by atoms with Crippen LogP contribution in [0.4, 0.5) is 0 Å². The number of aliphatic hydroxyl groups is 2. The van der Waals surface area contributed by atoms with Crippen LogP contribution in [-0.2, 0) is 25.5 Å². The van der Waals surface area contributed by atoms with Gasteiger partial charge in [-0.3, -0.25) is 0 Å². The topological polar surface area (TPSA) is 53.4 Å². The Bertz CT molecular complexity index is 1430. The van der Waals surface area contributed by atoms with Crippen LogP contribution in [0.25, 0.3) is 43.6 Å². The van der Waals surface area contributed by atoms with E-state index in [2.05, 4.69) is 105 Å². The third-order valence-electron chi connectivity index (χ3n) is 6.26. The van der Waals surface area contributed by atoms with E-state index in [0.29, 0.717) is 6.42 Å². The maximum Gasteiger partial charge on any atom is 0.0536 e. The van der Waals surface area contributed by atoms with Gasteiger partial charge in [0.2, 0.25) is 0 Å². The average molecular weight is 657 g/mol. The van der Waals surface area contributed by atoms with Gasteiger partial charge < -0.3 is 15.2 Å². The van der Waals surface area contributed by atoms with Crippen LogP contribution in [0.2, 0.25) is 0 Å². The van der Waals surface area contributed by atoms with Crippen molar-refractivity contribution in [1.82, 2.24) is 4.98 Å². The van der Waals surface area contributed by atoms with Crippen molar-refractivity contribution in [1.29, 1.82) is 0 Å². The van der Waals surface area contributed by atoms with E-state index < -0.39 is 0 Å². The van der Waals surface area contributed by atoms with Gasteiger partial charge in [-0.15, -0.1) is 23.8 Å². The van der Waals surface area contributed by atoms with Gasteiger partial charge in [0.25, 0.3) is 0 Å². The van der Waals surface area contributed by atoms with Crippen LogP contribution in [0.5, 0.6) is 0 Å². The molecular formula is C32H34IrNO2-. The van der Waals surface area contributed by atoms with Crippen molar-refractivity contribution < 1.29 is 30.3 Å². The molecule has 2 atom stereocenters. The van der Waals surface area contributed by atoms with Gasteiger partial charge in [-0.2, -0.15) is 0 Å². The maximum absolute atomic E-state index is 8.56. The Labute approximate surface area is 227 Å². The van der Waals surface area contributed by atoms with Gasteiger partial charge in [0.15, 0.2) is 0 Å². The monoisotopic (exact) mass is 657 g/mol. The molecule has 0 amide bonds. The van der Waals surface area contributed by atoms with Crippen LogP contribution in [0, 0.1) is 6.07 Å². The minimum atomic E-state index is -0.375. The number of hydrogen-bond donors (Lipinski definition) is 2. The normalized spacial score (nSPS) is 13.1. The smallest absolute Gasteiger partial charge is 0.0536 e. The minimum absolute atomic E-state index is 0. The van der Waals surface area contributed by atoms with Gasteiger partial charge in [0, 0.05) is 26.3 Å². The predicted molar refractivity (Wildman–Crippen MR) is 148 cm³/mol. The molecule has 4 aromatic carbocycles. The van der Waals surface area contributed by atoms with Crippen LogP contribution in [0.15, 0.2) is 79.0 Å². The summed E-state index contributed by atoms with van der Waals surface area (Å²) >= 11 is 0. The van der Waals surface area contributed by atoms with Crippen molar-refractivity contribution in [3.63, 3.8) is 0 Å². The first-order chi connectivity index (χ1) is 16.6. The Hall–Kier alpha value is -2.62. The molecule has 0 aliphatic heterocycles.